The summed E-state index contributed by atoms with van der Waals surface area (Å²) in [5.74, 6) is -0.862. The zero-order valence-corrected chi connectivity index (χ0v) is 23.6. The highest BCUT2D eigenvalue weighted by molar-refractivity contribution is 5.75. The van der Waals surface area contributed by atoms with Gasteiger partial charge in [-0.2, -0.15) is 9.61 Å². The molecule has 4 N–H and O–H groups in total. The van der Waals surface area contributed by atoms with Gasteiger partial charge in [0.1, 0.15) is 11.6 Å². The normalized spacial score (nSPS) is 21.5. The number of anilines is 3. The number of carbonyl (C=O) groups is 1. The largest absolute Gasteiger partial charge is 0.381 e. The number of aromatic nitrogens is 4. The Labute approximate surface area is 242 Å². The molecule has 0 aliphatic carbocycles. The van der Waals surface area contributed by atoms with Gasteiger partial charge in [-0.25, -0.2) is 13.8 Å². The number of nitrogens with one attached hydrogen (secondary N) is 2. The Morgan fingerprint density at radius 2 is 1.86 bits per heavy atom. The highest BCUT2D eigenvalue weighted by atomic mass is 19.1. The van der Waals surface area contributed by atoms with Gasteiger partial charge in [0, 0.05) is 51.5 Å². The summed E-state index contributed by atoms with van der Waals surface area (Å²) in [6.45, 7) is 5.93. The number of amides is 1. The molecule has 0 bridgehead atoms. The maximum absolute atomic E-state index is 15.3. The van der Waals surface area contributed by atoms with E-state index in [-0.39, 0.29) is 41.1 Å². The van der Waals surface area contributed by atoms with E-state index in [4.69, 9.17) is 10.5 Å². The van der Waals surface area contributed by atoms with Crippen molar-refractivity contribution in [2.75, 3.05) is 36.5 Å². The third-order valence-electron chi connectivity index (χ3n) is 8.17. The fourth-order valence-electron chi connectivity index (χ4n) is 6.09. The average molecular weight is 577 g/mol. The lowest BCUT2D eigenvalue weighted by Crippen LogP contribution is -2.61. The van der Waals surface area contributed by atoms with E-state index in [9.17, 15) is 4.79 Å². The van der Waals surface area contributed by atoms with Crippen molar-refractivity contribution in [1.29, 1.82) is 0 Å². The number of pyridine rings is 1. The van der Waals surface area contributed by atoms with E-state index in [0.29, 0.717) is 49.0 Å². The summed E-state index contributed by atoms with van der Waals surface area (Å²) in [6, 6.07) is 7.64. The number of rotatable bonds is 6. The third-order valence-corrected chi connectivity index (χ3v) is 8.17. The van der Waals surface area contributed by atoms with Crippen LogP contribution >= 0.6 is 0 Å². The zero-order chi connectivity index (χ0) is 29.4. The van der Waals surface area contributed by atoms with E-state index in [1.165, 1.54) is 23.6 Å². The number of benzene rings is 1. The van der Waals surface area contributed by atoms with Crippen molar-refractivity contribution in [3.05, 3.63) is 66.1 Å². The van der Waals surface area contributed by atoms with Crippen LogP contribution in [-0.2, 0) is 9.53 Å². The summed E-state index contributed by atoms with van der Waals surface area (Å²) in [4.78, 5) is 22.6. The molecule has 4 aromatic rings. The molecule has 1 amide bonds. The smallest absolute Gasteiger partial charge is 0.229 e. The molecule has 0 radical (unpaired) electrons. The standard InChI is InChI=1S/C30H34F2N8O2/c1-17-15-39(16-24(33)29(17)36-18(2)41)27-5-8-34-14-26(27)37-30-35-13-21-3-4-25(38-40(21)30)28-22(31)11-20(12-23(28)32)19-6-9-42-10-7-19/h3-5,8,11-14,17,19,24,29H,6-7,9-10,15-16,33H2,1-2H3,(H,35,37)(H,36,41)/t17-,24+,29-/m0/s1. The molecule has 12 heteroatoms. The monoisotopic (exact) mass is 576 g/mol. The summed E-state index contributed by atoms with van der Waals surface area (Å²) in [7, 11) is 0. The number of ether oxygens (including phenoxy) is 1. The molecule has 42 heavy (non-hydrogen) atoms. The lowest BCUT2D eigenvalue weighted by atomic mass is 9.89. The SMILES string of the molecule is CC(=O)N[C@@H]1[C@H](N)CN(c2ccncc2Nc2ncc3ccc(-c4c(F)cc(C5CCOCC5)cc4F)nn23)C[C@@H]1C. The number of halogens is 2. The number of imidazole rings is 1. The van der Waals surface area contributed by atoms with E-state index in [0.717, 1.165) is 18.5 Å². The Bertz CT molecular complexity index is 1570. The first-order valence-electron chi connectivity index (χ1n) is 14.2. The molecular weight excluding hydrogens is 542 g/mol. The zero-order valence-electron chi connectivity index (χ0n) is 23.6. The van der Waals surface area contributed by atoms with Gasteiger partial charge < -0.3 is 26.0 Å². The van der Waals surface area contributed by atoms with Crippen LogP contribution < -0.4 is 21.3 Å². The van der Waals surface area contributed by atoms with Crippen LogP contribution in [0.5, 0.6) is 0 Å². The second-order valence-electron chi connectivity index (χ2n) is 11.2. The molecule has 3 aromatic heterocycles. The van der Waals surface area contributed by atoms with Crippen molar-refractivity contribution in [3.8, 4) is 11.3 Å². The van der Waals surface area contributed by atoms with Gasteiger partial charge in [-0.3, -0.25) is 9.78 Å². The Morgan fingerprint density at radius 3 is 2.57 bits per heavy atom. The van der Waals surface area contributed by atoms with Crippen LogP contribution in [0.3, 0.4) is 0 Å². The van der Waals surface area contributed by atoms with Gasteiger partial charge in [-0.15, -0.1) is 0 Å². The molecule has 6 rings (SSSR count). The van der Waals surface area contributed by atoms with Crippen LogP contribution in [0.4, 0.5) is 26.1 Å². The molecule has 2 aliphatic heterocycles. The van der Waals surface area contributed by atoms with Crippen LogP contribution in [0, 0.1) is 17.6 Å². The molecule has 5 heterocycles. The quantitative estimate of drug-likeness (QED) is 0.315. The molecule has 3 atom stereocenters. The molecule has 10 nitrogen and oxygen atoms in total. The topological polar surface area (TPSA) is 123 Å². The highest BCUT2D eigenvalue weighted by Crippen LogP contribution is 2.34. The lowest BCUT2D eigenvalue weighted by molar-refractivity contribution is -0.120. The Balaban J connectivity index is 1.28. The average Bonchev–Trinajstić information content (AvgIpc) is 3.37. The van der Waals surface area contributed by atoms with Gasteiger partial charge in [0.2, 0.25) is 11.9 Å². The number of hydrogen-bond acceptors (Lipinski definition) is 8. The number of nitrogens with zero attached hydrogens (tertiary/aromatic N) is 5. The Morgan fingerprint density at radius 1 is 1.10 bits per heavy atom. The van der Waals surface area contributed by atoms with E-state index >= 15 is 8.78 Å². The summed E-state index contributed by atoms with van der Waals surface area (Å²) >= 11 is 0. The van der Waals surface area contributed by atoms with Crippen molar-refractivity contribution >= 4 is 28.7 Å². The second-order valence-corrected chi connectivity index (χ2v) is 11.2. The van der Waals surface area contributed by atoms with E-state index in [1.54, 1.807) is 30.7 Å². The molecule has 0 saturated carbocycles. The molecule has 0 unspecified atom stereocenters. The van der Waals surface area contributed by atoms with Gasteiger partial charge in [0.05, 0.1) is 40.5 Å². The van der Waals surface area contributed by atoms with Crippen molar-refractivity contribution < 1.29 is 18.3 Å². The van der Waals surface area contributed by atoms with Gasteiger partial charge in [0.25, 0.3) is 0 Å². The van der Waals surface area contributed by atoms with Crippen LogP contribution in [0.25, 0.3) is 16.8 Å². The summed E-state index contributed by atoms with van der Waals surface area (Å²) in [5.41, 5.74) is 9.27. The molecule has 2 saturated heterocycles. The van der Waals surface area contributed by atoms with Crippen LogP contribution in [0.2, 0.25) is 0 Å². The molecule has 2 fully saturated rings. The van der Waals surface area contributed by atoms with Crippen molar-refractivity contribution in [2.45, 2.75) is 44.7 Å². The first-order valence-corrected chi connectivity index (χ1v) is 14.2. The number of nitrogens with two attached hydrogens (primary N) is 1. The molecule has 0 spiro atoms. The minimum atomic E-state index is -0.652. The second kappa shape index (κ2) is 11.6. The predicted octanol–water partition coefficient (Wildman–Crippen LogP) is 4.00. The van der Waals surface area contributed by atoms with E-state index < -0.39 is 11.6 Å². The molecular formula is C30H34F2N8O2. The number of piperidine rings is 1. The fourth-order valence-corrected chi connectivity index (χ4v) is 6.09. The maximum atomic E-state index is 15.3. The van der Waals surface area contributed by atoms with Crippen molar-refractivity contribution in [1.82, 2.24) is 24.9 Å². The first-order chi connectivity index (χ1) is 20.3. The first kappa shape index (κ1) is 28.0. The minimum absolute atomic E-state index is 0.0686. The molecule has 2 aliphatic rings. The Kier molecular flexibility index (Phi) is 7.74. The minimum Gasteiger partial charge on any atom is -0.381 e. The summed E-state index contributed by atoms with van der Waals surface area (Å²) in [6.07, 6.45) is 6.49. The van der Waals surface area contributed by atoms with E-state index in [2.05, 4.69) is 37.5 Å². The third kappa shape index (κ3) is 5.51. The van der Waals surface area contributed by atoms with Gasteiger partial charge >= 0.3 is 0 Å². The van der Waals surface area contributed by atoms with Gasteiger partial charge in [-0.1, -0.05) is 6.92 Å². The van der Waals surface area contributed by atoms with Crippen LogP contribution in [0.1, 0.15) is 38.2 Å². The maximum Gasteiger partial charge on any atom is 0.229 e. The lowest BCUT2D eigenvalue weighted by Gasteiger charge is -2.42. The fraction of sp³-hybridized carbons (Fsp3) is 0.400. The van der Waals surface area contributed by atoms with Crippen molar-refractivity contribution in [2.24, 2.45) is 11.7 Å². The van der Waals surface area contributed by atoms with Gasteiger partial charge in [-0.05, 0) is 60.6 Å². The molecule has 220 valence electrons. The summed E-state index contributed by atoms with van der Waals surface area (Å²) in [5, 5.41) is 10.8. The van der Waals surface area contributed by atoms with Crippen LogP contribution in [0.15, 0.2) is 48.9 Å². The molecule has 1 aromatic carbocycles. The number of carbonyl (C=O) groups excluding carboxylic acids is 1. The van der Waals surface area contributed by atoms with E-state index in [1.807, 2.05) is 6.07 Å². The Hall–Kier alpha value is -4.16. The number of fused-ring (bicyclic) bond motifs is 1. The van der Waals surface area contributed by atoms with Crippen LogP contribution in [-0.4, -0.2) is 63.9 Å². The summed E-state index contributed by atoms with van der Waals surface area (Å²) < 4.78 is 37.6. The predicted molar refractivity (Wildman–Crippen MR) is 156 cm³/mol. The van der Waals surface area contributed by atoms with Crippen molar-refractivity contribution in [3.63, 3.8) is 0 Å². The number of hydrogen-bond donors (Lipinski definition) is 3. The highest BCUT2D eigenvalue weighted by Gasteiger charge is 2.34. The van der Waals surface area contributed by atoms with Gasteiger partial charge in [0.15, 0.2) is 0 Å².